The van der Waals surface area contributed by atoms with Crippen LogP contribution in [0.1, 0.15) is 30.3 Å². The first kappa shape index (κ1) is 18.4. The van der Waals surface area contributed by atoms with Gasteiger partial charge in [-0.3, -0.25) is 0 Å². The molecule has 0 saturated carbocycles. The van der Waals surface area contributed by atoms with Gasteiger partial charge in [0, 0.05) is 11.4 Å². The molecule has 24 heavy (non-hydrogen) atoms. The van der Waals surface area contributed by atoms with Gasteiger partial charge in [0.05, 0.1) is 12.6 Å². The topological polar surface area (TPSA) is 96.6 Å². The van der Waals surface area contributed by atoms with E-state index in [9.17, 15) is 8.42 Å². The molecule has 0 amide bonds. The maximum absolute atomic E-state index is 11.3. The number of primary sulfonamides is 1. The molecule has 0 aliphatic carbocycles. The predicted molar refractivity (Wildman–Crippen MR) is 98.5 cm³/mol. The molecule has 1 heterocycles. The molecule has 2 rings (SSSR count). The zero-order chi connectivity index (χ0) is 17.6. The number of hydrogen-bond donors (Lipinski definition) is 3. The molecule has 6 nitrogen and oxygen atoms in total. The Balaban J connectivity index is 2.06. The van der Waals surface area contributed by atoms with Crippen molar-refractivity contribution in [2.24, 2.45) is 10.1 Å². The molecule has 4 N–H and O–H groups in total. The van der Waals surface area contributed by atoms with Crippen molar-refractivity contribution in [1.29, 1.82) is 0 Å². The van der Waals surface area contributed by atoms with E-state index < -0.39 is 10.0 Å². The third kappa shape index (κ3) is 5.33. The molecule has 0 saturated heterocycles. The van der Waals surface area contributed by atoms with E-state index >= 15 is 0 Å². The van der Waals surface area contributed by atoms with Gasteiger partial charge in [-0.2, -0.15) is 0 Å². The second-order valence-electron chi connectivity index (χ2n) is 5.24. The minimum Gasteiger partial charge on any atom is -0.357 e. The molecule has 1 unspecified atom stereocenters. The van der Waals surface area contributed by atoms with Gasteiger partial charge in [0.2, 0.25) is 10.0 Å². The molecule has 0 fully saturated rings. The Morgan fingerprint density at radius 2 is 1.96 bits per heavy atom. The Morgan fingerprint density at radius 3 is 2.54 bits per heavy atom. The number of hydrogen-bond acceptors (Lipinski definition) is 4. The summed E-state index contributed by atoms with van der Waals surface area (Å²) in [6.45, 7) is 5.18. The summed E-state index contributed by atoms with van der Waals surface area (Å²) in [7, 11) is -3.65. The second-order valence-corrected chi connectivity index (χ2v) is 8.19. The molecule has 0 aliphatic rings. The molecular weight excluding hydrogens is 344 g/mol. The highest BCUT2D eigenvalue weighted by molar-refractivity contribution is 7.91. The van der Waals surface area contributed by atoms with Gasteiger partial charge in [0.15, 0.2) is 5.96 Å². The molecule has 1 atom stereocenters. The Morgan fingerprint density at radius 1 is 1.25 bits per heavy atom. The van der Waals surface area contributed by atoms with Crippen LogP contribution in [0.15, 0.2) is 51.7 Å². The van der Waals surface area contributed by atoms with E-state index in [2.05, 4.69) is 34.7 Å². The van der Waals surface area contributed by atoms with Crippen LogP contribution in [0.3, 0.4) is 0 Å². The van der Waals surface area contributed by atoms with E-state index in [0.29, 0.717) is 12.5 Å². The Bertz CT molecular complexity index is 785. The zero-order valence-electron chi connectivity index (χ0n) is 13.7. The van der Waals surface area contributed by atoms with Crippen molar-refractivity contribution >= 4 is 27.3 Å². The van der Waals surface area contributed by atoms with Gasteiger partial charge in [-0.1, -0.05) is 30.3 Å². The third-order valence-corrected chi connectivity index (χ3v) is 5.82. The highest BCUT2D eigenvalue weighted by atomic mass is 32.2. The number of sulfonamides is 1. The number of thiophene rings is 1. The van der Waals surface area contributed by atoms with E-state index in [4.69, 9.17) is 5.14 Å². The van der Waals surface area contributed by atoms with Crippen LogP contribution in [0.5, 0.6) is 0 Å². The smallest absolute Gasteiger partial charge is 0.247 e. The van der Waals surface area contributed by atoms with Crippen LogP contribution in [0.4, 0.5) is 0 Å². The fourth-order valence-electron chi connectivity index (χ4n) is 2.10. The molecule has 0 bridgehead atoms. The second kappa shape index (κ2) is 8.27. The Labute approximate surface area is 146 Å². The zero-order valence-corrected chi connectivity index (χ0v) is 15.3. The molecule has 8 heteroatoms. The molecule has 0 radical (unpaired) electrons. The summed E-state index contributed by atoms with van der Waals surface area (Å²) in [5.41, 5.74) is 1.16. The van der Waals surface area contributed by atoms with E-state index in [0.717, 1.165) is 28.3 Å². The van der Waals surface area contributed by atoms with E-state index in [-0.39, 0.29) is 10.3 Å². The molecular formula is C16H22N4O2S2. The van der Waals surface area contributed by atoms with Gasteiger partial charge in [-0.05, 0) is 31.5 Å². The first-order valence-electron chi connectivity index (χ1n) is 7.61. The Kier molecular flexibility index (Phi) is 6.36. The lowest BCUT2D eigenvalue weighted by molar-refractivity contribution is 0.600. The van der Waals surface area contributed by atoms with Gasteiger partial charge in [0.1, 0.15) is 4.21 Å². The number of nitrogens with two attached hydrogens (primary N) is 1. The predicted octanol–water partition coefficient (Wildman–Crippen LogP) is 2.21. The van der Waals surface area contributed by atoms with Gasteiger partial charge in [-0.15, -0.1) is 11.3 Å². The summed E-state index contributed by atoms with van der Waals surface area (Å²) in [4.78, 5) is 5.35. The summed E-state index contributed by atoms with van der Waals surface area (Å²) < 4.78 is 22.8. The summed E-state index contributed by atoms with van der Waals surface area (Å²) >= 11 is 1.14. The molecule has 1 aromatic heterocycles. The number of benzene rings is 1. The first-order valence-corrected chi connectivity index (χ1v) is 9.97. The maximum atomic E-state index is 11.3. The van der Waals surface area contributed by atoms with Crippen molar-refractivity contribution in [1.82, 2.24) is 10.6 Å². The van der Waals surface area contributed by atoms with Crippen LogP contribution >= 0.6 is 11.3 Å². The van der Waals surface area contributed by atoms with E-state index in [1.807, 2.05) is 25.1 Å². The average Bonchev–Trinajstić information content (AvgIpc) is 3.03. The molecule has 1 aromatic carbocycles. The molecule has 0 aliphatic heterocycles. The van der Waals surface area contributed by atoms with Gasteiger partial charge < -0.3 is 10.6 Å². The van der Waals surface area contributed by atoms with Crippen molar-refractivity contribution in [3.63, 3.8) is 0 Å². The Hall–Kier alpha value is -1.90. The monoisotopic (exact) mass is 366 g/mol. The largest absolute Gasteiger partial charge is 0.357 e. The minimum atomic E-state index is -3.65. The van der Waals surface area contributed by atoms with Crippen molar-refractivity contribution in [3.8, 4) is 0 Å². The molecule has 0 spiro atoms. The normalized spacial score (nSPS) is 13.5. The van der Waals surface area contributed by atoms with E-state index in [1.54, 1.807) is 6.07 Å². The SMILES string of the molecule is CCNC(=NCc1ccc(S(N)(=O)=O)s1)NC(C)c1ccccc1. The lowest BCUT2D eigenvalue weighted by Crippen LogP contribution is -2.38. The fraction of sp³-hybridized carbons (Fsp3) is 0.312. The van der Waals surface area contributed by atoms with Crippen molar-refractivity contribution < 1.29 is 8.42 Å². The standard InChI is InChI=1S/C16H22N4O2S2/c1-3-18-16(20-12(2)13-7-5-4-6-8-13)19-11-14-9-10-15(23-14)24(17,21)22/h4-10,12H,3,11H2,1-2H3,(H2,17,21,22)(H2,18,19,20). The van der Waals surface area contributed by atoms with Crippen molar-refractivity contribution in [3.05, 3.63) is 52.9 Å². The van der Waals surface area contributed by atoms with Crippen LogP contribution in [0.25, 0.3) is 0 Å². The number of nitrogens with zero attached hydrogens (tertiary/aromatic N) is 1. The van der Waals surface area contributed by atoms with Crippen LogP contribution in [-0.2, 0) is 16.6 Å². The summed E-state index contributed by atoms with van der Waals surface area (Å²) in [6.07, 6.45) is 0. The summed E-state index contributed by atoms with van der Waals surface area (Å²) in [5.74, 6) is 0.680. The van der Waals surface area contributed by atoms with Gasteiger partial charge in [-0.25, -0.2) is 18.5 Å². The van der Waals surface area contributed by atoms with Crippen molar-refractivity contribution in [2.45, 2.75) is 30.6 Å². The van der Waals surface area contributed by atoms with Crippen LogP contribution in [0.2, 0.25) is 0 Å². The van der Waals surface area contributed by atoms with Crippen LogP contribution in [-0.4, -0.2) is 20.9 Å². The lowest BCUT2D eigenvalue weighted by atomic mass is 10.1. The highest BCUT2D eigenvalue weighted by Crippen LogP contribution is 2.21. The summed E-state index contributed by atoms with van der Waals surface area (Å²) in [6, 6.07) is 13.4. The van der Waals surface area contributed by atoms with Crippen LogP contribution in [0, 0.1) is 0 Å². The van der Waals surface area contributed by atoms with E-state index in [1.165, 1.54) is 6.07 Å². The maximum Gasteiger partial charge on any atom is 0.247 e. The molecule has 2 aromatic rings. The number of aliphatic imine (C=N–C) groups is 1. The van der Waals surface area contributed by atoms with Crippen molar-refractivity contribution in [2.75, 3.05) is 6.54 Å². The average molecular weight is 367 g/mol. The van der Waals surface area contributed by atoms with Crippen LogP contribution < -0.4 is 15.8 Å². The molecule has 130 valence electrons. The number of rotatable bonds is 6. The third-order valence-electron chi connectivity index (χ3n) is 3.31. The first-order chi connectivity index (χ1) is 11.4. The number of nitrogens with one attached hydrogen (secondary N) is 2. The summed E-state index contributed by atoms with van der Waals surface area (Å²) in [5, 5.41) is 11.7. The number of guanidine groups is 1. The van der Waals surface area contributed by atoms with Gasteiger partial charge >= 0.3 is 0 Å². The van der Waals surface area contributed by atoms with Gasteiger partial charge in [0.25, 0.3) is 0 Å². The lowest BCUT2D eigenvalue weighted by Gasteiger charge is -2.18. The minimum absolute atomic E-state index is 0.104. The highest BCUT2D eigenvalue weighted by Gasteiger charge is 2.11. The quantitative estimate of drug-likeness (QED) is 0.539. The fourth-order valence-corrected chi connectivity index (χ4v) is 3.81.